The Morgan fingerprint density at radius 2 is 1.77 bits per heavy atom. The molecule has 162 valence electrons. The first kappa shape index (κ1) is 23.0. The minimum absolute atomic E-state index is 0.132. The number of amides is 1. The quantitative estimate of drug-likeness (QED) is 0.616. The monoisotopic (exact) mass is 469 g/mol. The number of nitrogens with zero attached hydrogens (tertiary/aromatic N) is 2. The van der Waals surface area contributed by atoms with Crippen LogP contribution in [0.3, 0.4) is 0 Å². The number of nitrogens with one attached hydrogen (secondary N) is 1. The molecule has 0 radical (unpaired) electrons. The molecule has 1 fully saturated rings. The van der Waals surface area contributed by atoms with E-state index in [-0.39, 0.29) is 12.5 Å². The predicted octanol–water partition coefficient (Wildman–Crippen LogP) is 4.16. The first-order valence-electron chi connectivity index (χ1n) is 9.79. The van der Waals surface area contributed by atoms with Crippen LogP contribution in [-0.4, -0.2) is 61.5 Å². The van der Waals surface area contributed by atoms with Gasteiger partial charge in [0.05, 0.1) is 19.2 Å². The Labute approximate surface area is 190 Å². The highest BCUT2D eigenvalue weighted by Gasteiger charge is 2.22. The minimum atomic E-state index is -0.437. The van der Waals surface area contributed by atoms with E-state index in [1.54, 1.807) is 6.07 Å². The average molecular weight is 470 g/mol. The average Bonchev–Trinajstić information content (AvgIpc) is 3.14. The molecular weight excluding hydrogens is 445 g/mol. The third-order valence-electron chi connectivity index (χ3n) is 5.07. The fourth-order valence-electron chi connectivity index (χ4n) is 3.35. The molecule has 1 aliphatic heterocycles. The summed E-state index contributed by atoms with van der Waals surface area (Å²) in [5.41, 5.74) is 1.35. The molecule has 1 saturated heterocycles. The van der Waals surface area contributed by atoms with Gasteiger partial charge in [-0.2, -0.15) is 0 Å². The lowest BCUT2D eigenvalue weighted by atomic mass is 10.2. The number of halogens is 2. The predicted molar refractivity (Wildman–Crippen MR) is 122 cm³/mol. The van der Waals surface area contributed by atoms with E-state index < -0.39 is 5.97 Å². The van der Waals surface area contributed by atoms with Gasteiger partial charge in [0.15, 0.2) is 0 Å². The summed E-state index contributed by atoms with van der Waals surface area (Å²) in [6, 6.07) is 7.32. The van der Waals surface area contributed by atoms with Gasteiger partial charge in [-0.25, -0.2) is 4.79 Å². The molecule has 0 saturated carbocycles. The SMILES string of the molecule is CCc1cc(C(=O)OC)c(NC(=O)CN2CCN(Cc3c(Cl)cccc3Cl)CC2)s1. The third kappa shape index (κ3) is 5.74. The van der Waals surface area contributed by atoms with E-state index in [0.717, 1.165) is 43.0 Å². The van der Waals surface area contributed by atoms with Crippen molar-refractivity contribution in [2.45, 2.75) is 19.9 Å². The number of anilines is 1. The molecule has 1 aromatic heterocycles. The zero-order chi connectivity index (χ0) is 21.7. The number of benzene rings is 1. The van der Waals surface area contributed by atoms with Gasteiger partial charge >= 0.3 is 5.97 Å². The third-order valence-corrected chi connectivity index (χ3v) is 6.97. The largest absolute Gasteiger partial charge is 0.465 e. The topological polar surface area (TPSA) is 61.9 Å². The summed E-state index contributed by atoms with van der Waals surface area (Å²) >= 11 is 14.0. The summed E-state index contributed by atoms with van der Waals surface area (Å²) in [7, 11) is 1.34. The van der Waals surface area contributed by atoms with Crippen LogP contribution in [-0.2, 0) is 22.5 Å². The number of methoxy groups -OCH3 is 1. The Morgan fingerprint density at radius 3 is 2.37 bits per heavy atom. The Kier molecular flexibility index (Phi) is 8.13. The minimum Gasteiger partial charge on any atom is -0.465 e. The molecule has 30 heavy (non-hydrogen) atoms. The summed E-state index contributed by atoms with van der Waals surface area (Å²) in [5.74, 6) is -0.569. The molecule has 0 spiro atoms. The van der Waals surface area contributed by atoms with E-state index in [0.29, 0.717) is 27.2 Å². The van der Waals surface area contributed by atoms with Gasteiger partial charge in [-0.3, -0.25) is 14.6 Å². The first-order chi connectivity index (χ1) is 14.4. The normalized spacial score (nSPS) is 15.2. The van der Waals surface area contributed by atoms with Crippen LogP contribution >= 0.6 is 34.5 Å². The molecule has 1 N–H and O–H groups in total. The Balaban J connectivity index is 1.52. The number of rotatable bonds is 7. The first-order valence-corrected chi connectivity index (χ1v) is 11.4. The van der Waals surface area contributed by atoms with E-state index >= 15 is 0 Å². The molecule has 6 nitrogen and oxygen atoms in total. The summed E-state index contributed by atoms with van der Waals surface area (Å²) in [4.78, 5) is 29.9. The Bertz CT molecular complexity index is 891. The van der Waals surface area contributed by atoms with E-state index in [4.69, 9.17) is 27.9 Å². The van der Waals surface area contributed by atoms with Crippen LogP contribution in [0.2, 0.25) is 10.0 Å². The fourth-order valence-corrected chi connectivity index (χ4v) is 4.87. The second-order valence-electron chi connectivity index (χ2n) is 7.10. The van der Waals surface area contributed by atoms with Gasteiger partial charge in [-0.1, -0.05) is 36.2 Å². The number of ether oxygens (including phenoxy) is 1. The zero-order valence-electron chi connectivity index (χ0n) is 17.0. The zero-order valence-corrected chi connectivity index (χ0v) is 19.4. The molecule has 0 unspecified atom stereocenters. The van der Waals surface area contributed by atoms with Gasteiger partial charge in [0, 0.05) is 53.2 Å². The molecule has 1 aromatic carbocycles. The van der Waals surface area contributed by atoms with E-state index in [1.165, 1.54) is 18.4 Å². The summed E-state index contributed by atoms with van der Waals surface area (Å²) < 4.78 is 4.83. The van der Waals surface area contributed by atoms with Crippen molar-refractivity contribution in [1.29, 1.82) is 0 Å². The highest BCUT2D eigenvalue weighted by Crippen LogP contribution is 2.29. The number of aryl methyl sites for hydroxylation is 1. The maximum Gasteiger partial charge on any atom is 0.340 e. The van der Waals surface area contributed by atoms with Crippen molar-refractivity contribution in [1.82, 2.24) is 9.80 Å². The molecule has 3 rings (SSSR count). The van der Waals surface area contributed by atoms with Crippen molar-refractivity contribution in [2.75, 3.05) is 45.2 Å². The number of thiophene rings is 1. The van der Waals surface area contributed by atoms with Crippen LogP contribution in [0.4, 0.5) is 5.00 Å². The van der Waals surface area contributed by atoms with Crippen molar-refractivity contribution in [2.24, 2.45) is 0 Å². The maximum atomic E-state index is 12.6. The van der Waals surface area contributed by atoms with E-state index in [1.807, 2.05) is 25.1 Å². The number of carbonyl (C=O) groups is 2. The van der Waals surface area contributed by atoms with Crippen molar-refractivity contribution < 1.29 is 14.3 Å². The fraction of sp³-hybridized carbons (Fsp3) is 0.429. The second kappa shape index (κ2) is 10.6. The molecule has 1 aliphatic rings. The number of hydrogen-bond donors (Lipinski definition) is 1. The van der Waals surface area contributed by atoms with Crippen LogP contribution in [0.5, 0.6) is 0 Å². The van der Waals surface area contributed by atoms with Gasteiger partial charge in [0.25, 0.3) is 0 Å². The molecule has 9 heteroatoms. The highest BCUT2D eigenvalue weighted by atomic mass is 35.5. The standard InChI is InChI=1S/C21H25Cl2N3O3S/c1-3-14-11-15(21(28)29-2)20(30-14)24-19(27)13-26-9-7-25(8-10-26)12-16-17(22)5-4-6-18(16)23/h4-6,11H,3,7-10,12-13H2,1-2H3,(H,24,27). The molecule has 0 atom stereocenters. The van der Waals surface area contributed by atoms with Gasteiger partial charge in [-0.15, -0.1) is 11.3 Å². The maximum absolute atomic E-state index is 12.6. The molecule has 2 aromatic rings. The summed E-state index contributed by atoms with van der Waals surface area (Å²) in [5, 5.41) is 4.78. The van der Waals surface area contributed by atoms with Crippen LogP contribution in [0.25, 0.3) is 0 Å². The molecular formula is C21H25Cl2N3O3S. The van der Waals surface area contributed by atoms with Gasteiger partial charge in [0.2, 0.25) is 5.91 Å². The molecule has 0 bridgehead atoms. The number of piperazine rings is 1. The Hall–Kier alpha value is -1.64. The highest BCUT2D eigenvalue weighted by molar-refractivity contribution is 7.16. The Morgan fingerprint density at radius 1 is 1.13 bits per heavy atom. The van der Waals surface area contributed by atoms with E-state index in [2.05, 4.69) is 15.1 Å². The molecule has 1 amide bonds. The lowest BCUT2D eigenvalue weighted by Gasteiger charge is -2.34. The van der Waals surface area contributed by atoms with Gasteiger partial charge in [0.1, 0.15) is 5.00 Å². The van der Waals surface area contributed by atoms with Gasteiger partial charge in [-0.05, 0) is 24.6 Å². The van der Waals surface area contributed by atoms with Crippen molar-refractivity contribution in [3.63, 3.8) is 0 Å². The smallest absolute Gasteiger partial charge is 0.340 e. The van der Waals surface area contributed by atoms with Crippen molar-refractivity contribution in [3.05, 3.63) is 50.3 Å². The van der Waals surface area contributed by atoms with Crippen LogP contribution < -0.4 is 5.32 Å². The lowest BCUT2D eigenvalue weighted by molar-refractivity contribution is -0.117. The van der Waals surface area contributed by atoms with Crippen molar-refractivity contribution in [3.8, 4) is 0 Å². The molecule has 0 aliphatic carbocycles. The number of carbonyl (C=O) groups excluding carboxylic acids is 2. The van der Waals surface area contributed by atoms with Crippen LogP contribution in [0.15, 0.2) is 24.3 Å². The number of esters is 1. The van der Waals surface area contributed by atoms with Crippen LogP contribution in [0.1, 0.15) is 27.7 Å². The molecule has 2 heterocycles. The summed E-state index contributed by atoms with van der Waals surface area (Å²) in [6.07, 6.45) is 0.794. The van der Waals surface area contributed by atoms with Gasteiger partial charge < -0.3 is 10.1 Å². The van der Waals surface area contributed by atoms with Crippen molar-refractivity contribution >= 4 is 51.4 Å². The van der Waals surface area contributed by atoms with Crippen LogP contribution in [0, 0.1) is 0 Å². The van der Waals surface area contributed by atoms with E-state index in [9.17, 15) is 9.59 Å². The number of hydrogen-bond acceptors (Lipinski definition) is 6. The second-order valence-corrected chi connectivity index (χ2v) is 9.05. The lowest BCUT2D eigenvalue weighted by Crippen LogP contribution is -2.48. The summed E-state index contributed by atoms with van der Waals surface area (Å²) in [6.45, 7) is 6.15.